The SMILES string of the molecule is CC(C)Oc1ccc2ccccc2c1/C=C1\C(=O)NC(=S)N(c2ccc(C(C)C)cc2)C1=O. The Morgan fingerprint density at radius 2 is 1.64 bits per heavy atom. The molecule has 3 aromatic carbocycles. The summed E-state index contributed by atoms with van der Waals surface area (Å²) in [5.41, 5.74) is 2.45. The van der Waals surface area contributed by atoms with Crippen LogP contribution in [-0.2, 0) is 9.59 Å². The van der Waals surface area contributed by atoms with Gasteiger partial charge >= 0.3 is 0 Å². The summed E-state index contributed by atoms with van der Waals surface area (Å²) in [5, 5.41) is 4.61. The van der Waals surface area contributed by atoms with Crippen molar-refractivity contribution in [1.82, 2.24) is 5.32 Å². The van der Waals surface area contributed by atoms with Crippen molar-refractivity contribution in [3.8, 4) is 5.75 Å². The normalized spacial score (nSPS) is 15.6. The summed E-state index contributed by atoms with van der Waals surface area (Å²) >= 11 is 5.35. The van der Waals surface area contributed by atoms with Gasteiger partial charge in [0.15, 0.2) is 5.11 Å². The van der Waals surface area contributed by atoms with Crippen molar-refractivity contribution >= 4 is 51.7 Å². The van der Waals surface area contributed by atoms with E-state index in [4.69, 9.17) is 17.0 Å². The predicted molar refractivity (Wildman–Crippen MR) is 136 cm³/mol. The largest absolute Gasteiger partial charge is 0.490 e. The molecular formula is C27H26N2O3S. The third-order valence-corrected chi connectivity index (χ3v) is 5.79. The molecule has 33 heavy (non-hydrogen) atoms. The monoisotopic (exact) mass is 458 g/mol. The lowest BCUT2D eigenvalue weighted by Gasteiger charge is -2.29. The maximum atomic E-state index is 13.5. The van der Waals surface area contributed by atoms with Gasteiger partial charge in [-0.2, -0.15) is 0 Å². The summed E-state index contributed by atoms with van der Waals surface area (Å²) in [7, 11) is 0. The molecule has 0 unspecified atom stereocenters. The van der Waals surface area contributed by atoms with Gasteiger partial charge in [-0.05, 0) is 72.6 Å². The van der Waals surface area contributed by atoms with Crippen molar-refractivity contribution in [1.29, 1.82) is 0 Å². The molecule has 5 nitrogen and oxygen atoms in total. The summed E-state index contributed by atoms with van der Waals surface area (Å²) in [6, 6.07) is 19.3. The van der Waals surface area contributed by atoms with Crippen LogP contribution in [0.25, 0.3) is 16.8 Å². The fraction of sp³-hybridized carbons (Fsp3) is 0.222. The first-order valence-corrected chi connectivity index (χ1v) is 11.4. The number of thiocarbonyl (C=S) groups is 1. The standard InChI is InChI=1S/C27H26N2O3S/c1-16(2)18-9-12-20(13-10-18)29-26(31)23(25(30)28-27(29)33)15-22-21-8-6-5-7-19(21)11-14-24(22)32-17(3)4/h5-17H,1-4H3,(H,28,30,33)/b23-15+. The topological polar surface area (TPSA) is 58.6 Å². The van der Waals surface area contributed by atoms with E-state index in [1.54, 1.807) is 6.08 Å². The molecule has 0 spiro atoms. The van der Waals surface area contributed by atoms with E-state index in [0.29, 0.717) is 22.9 Å². The van der Waals surface area contributed by atoms with Crippen LogP contribution < -0.4 is 15.0 Å². The van der Waals surface area contributed by atoms with E-state index >= 15 is 0 Å². The van der Waals surface area contributed by atoms with Crippen LogP contribution in [0.2, 0.25) is 0 Å². The summed E-state index contributed by atoms with van der Waals surface area (Å²) < 4.78 is 6.01. The number of carbonyl (C=O) groups excluding carboxylic acids is 2. The molecule has 2 amide bonds. The molecular weight excluding hydrogens is 432 g/mol. The van der Waals surface area contributed by atoms with Crippen LogP contribution in [0.3, 0.4) is 0 Å². The van der Waals surface area contributed by atoms with Gasteiger partial charge in [-0.3, -0.25) is 19.8 Å². The molecule has 1 saturated heterocycles. The number of fused-ring (bicyclic) bond motifs is 1. The number of anilines is 1. The first kappa shape index (κ1) is 22.7. The Labute approximate surface area is 199 Å². The molecule has 168 valence electrons. The molecule has 4 rings (SSSR count). The van der Waals surface area contributed by atoms with Gasteiger partial charge in [0, 0.05) is 5.56 Å². The van der Waals surface area contributed by atoms with Gasteiger partial charge in [0.1, 0.15) is 11.3 Å². The highest BCUT2D eigenvalue weighted by atomic mass is 32.1. The Morgan fingerprint density at radius 3 is 2.30 bits per heavy atom. The van der Waals surface area contributed by atoms with E-state index < -0.39 is 11.8 Å². The highest BCUT2D eigenvalue weighted by Gasteiger charge is 2.35. The molecule has 1 fully saturated rings. The average molecular weight is 459 g/mol. The number of hydrogen-bond donors (Lipinski definition) is 1. The van der Waals surface area contributed by atoms with Gasteiger partial charge < -0.3 is 4.74 Å². The molecule has 0 radical (unpaired) electrons. The maximum Gasteiger partial charge on any atom is 0.270 e. The smallest absolute Gasteiger partial charge is 0.270 e. The van der Waals surface area contributed by atoms with E-state index in [0.717, 1.165) is 16.3 Å². The molecule has 1 aliphatic rings. The number of carbonyl (C=O) groups is 2. The molecule has 3 aromatic rings. The van der Waals surface area contributed by atoms with Gasteiger partial charge in [0.25, 0.3) is 11.8 Å². The molecule has 0 bridgehead atoms. The summed E-state index contributed by atoms with van der Waals surface area (Å²) in [6.07, 6.45) is 1.54. The zero-order valence-electron chi connectivity index (χ0n) is 19.1. The van der Waals surface area contributed by atoms with Gasteiger partial charge in [0.2, 0.25) is 0 Å². The number of nitrogens with zero attached hydrogens (tertiary/aromatic N) is 1. The molecule has 1 heterocycles. The van der Waals surface area contributed by atoms with Crippen LogP contribution in [0.15, 0.2) is 66.2 Å². The average Bonchev–Trinajstić information content (AvgIpc) is 2.77. The lowest BCUT2D eigenvalue weighted by atomic mass is 9.99. The van der Waals surface area contributed by atoms with Gasteiger partial charge in [-0.25, -0.2) is 0 Å². The minimum Gasteiger partial charge on any atom is -0.490 e. The quantitative estimate of drug-likeness (QED) is 0.308. The second-order valence-electron chi connectivity index (χ2n) is 8.57. The Balaban J connectivity index is 1.82. The Hall–Kier alpha value is -3.51. The fourth-order valence-corrected chi connectivity index (χ4v) is 4.11. The van der Waals surface area contributed by atoms with Crippen LogP contribution in [0, 0.1) is 0 Å². The zero-order chi connectivity index (χ0) is 23.7. The predicted octanol–water partition coefficient (Wildman–Crippen LogP) is 5.58. The van der Waals surface area contributed by atoms with E-state index in [-0.39, 0.29) is 16.8 Å². The van der Waals surface area contributed by atoms with Crippen LogP contribution in [0.5, 0.6) is 5.75 Å². The Morgan fingerprint density at radius 1 is 0.939 bits per heavy atom. The van der Waals surface area contributed by atoms with E-state index in [2.05, 4.69) is 19.2 Å². The number of rotatable bonds is 5. The van der Waals surface area contributed by atoms with Crippen molar-refractivity contribution < 1.29 is 14.3 Å². The Bertz CT molecular complexity index is 1280. The van der Waals surface area contributed by atoms with E-state index in [1.165, 1.54) is 4.90 Å². The van der Waals surface area contributed by atoms with Gasteiger partial charge in [0.05, 0.1) is 11.8 Å². The molecule has 0 atom stereocenters. The van der Waals surface area contributed by atoms with Crippen molar-refractivity contribution in [3.05, 3.63) is 77.4 Å². The third-order valence-electron chi connectivity index (χ3n) is 5.50. The summed E-state index contributed by atoms with van der Waals surface area (Å²) in [6.45, 7) is 8.08. The number of benzene rings is 3. The third kappa shape index (κ3) is 4.52. The van der Waals surface area contributed by atoms with Crippen molar-refractivity contribution in [2.45, 2.75) is 39.7 Å². The molecule has 6 heteroatoms. The van der Waals surface area contributed by atoms with Crippen molar-refractivity contribution in [2.75, 3.05) is 4.90 Å². The van der Waals surface area contributed by atoms with Gasteiger partial charge in [-0.15, -0.1) is 0 Å². The molecule has 0 saturated carbocycles. The van der Waals surface area contributed by atoms with Crippen molar-refractivity contribution in [3.63, 3.8) is 0 Å². The Kier molecular flexibility index (Phi) is 6.29. The minimum absolute atomic E-state index is 0.00138. The maximum absolute atomic E-state index is 13.5. The number of amides is 2. The fourth-order valence-electron chi connectivity index (χ4n) is 3.83. The molecule has 1 N–H and O–H groups in total. The van der Waals surface area contributed by atoms with E-state index in [1.807, 2.05) is 74.5 Å². The highest BCUT2D eigenvalue weighted by molar-refractivity contribution is 7.80. The first-order chi connectivity index (χ1) is 15.8. The van der Waals surface area contributed by atoms with Crippen LogP contribution in [0.1, 0.15) is 44.7 Å². The zero-order valence-corrected chi connectivity index (χ0v) is 19.9. The lowest BCUT2D eigenvalue weighted by molar-refractivity contribution is -0.122. The molecule has 1 aliphatic heterocycles. The van der Waals surface area contributed by atoms with Crippen LogP contribution >= 0.6 is 12.2 Å². The number of nitrogens with one attached hydrogen (secondary N) is 1. The van der Waals surface area contributed by atoms with Gasteiger partial charge in [-0.1, -0.05) is 56.3 Å². The van der Waals surface area contributed by atoms with Crippen LogP contribution in [0.4, 0.5) is 5.69 Å². The highest BCUT2D eigenvalue weighted by Crippen LogP contribution is 2.32. The lowest BCUT2D eigenvalue weighted by Crippen LogP contribution is -2.54. The van der Waals surface area contributed by atoms with Crippen molar-refractivity contribution in [2.24, 2.45) is 0 Å². The number of ether oxygens (including phenoxy) is 1. The summed E-state index contributed by atoms with van der Waals surface area (Å²) in [4.78, 5) is 27.7. The first-order valence-electron chi connectivity index (χ1n) is 11.0. The summed E-state index contributed by atoms with van der Waals surface area (Å²) in [5.74, 6) is -0.0188. The second kappa shape index (κ2) is 9.16. The minimum atomic E-state index is -0.525. The molecule has 0 aromatic heterocycles. The van der Waals surface area contributed by atoms with Crippen LogP contribution in [-0.4, -0.2) is 23.0 Å². The molecule has 0 aliphatic carbocycles. The van der Waals surface area contributed by atoms with E-state index in [9.17, 15) is 9.59 Å². The number of hydrogen-bond acceptors (Lipinski definition) is 4. The second-order valence-corrected chi connectivity index (χ2v) is 8.96.